The fourth-order valence-corrected chi connectivity index (χ4v) is 3.64. The molecule has 1 aliphatic rings. The van der Waals surface area contributed by atoms with E-state index in [1.54, 1.807) is 0 Å². The van der Waals surface area contributed by atoms with Gasteiger partial charge in [0, 0.05) is 37.8 Å². The lowest BCUT2D eigenvalue weighted by Gasteiger charge is -2.16. The number of anilines is 1. The molecule has 0 unspecified atom stereocenters. The van der Waals surface area contributed by atoms with Crippen molar-refractivity contribution in [3.05, 3.63) is 41.4 Å². The highest BCUT2D eigenvalue weighted by Gasteiger charge is 2.14. The minimum atomic E-state index is 0. The molecule has 3 heterocycles. The van der Waals surface area contributed by atoms with Crippen LogP contribution in [-0.2, 0) is 13.1 Å². The average Bonchev–Trinajstić information content (AvgIpc) is 3.44. The Bertz CT molecular complexity index is 766. The van der Waals surface area contributed by atoms with Crippen LogP contribution < -0.4 is 15.5 Å². The van der Waals surface area contributed by atoms with Crippen molar-refractivity contribution < 1.29 is 4.52 Å². The average molecular weight is 526 g/mol. The van der Waals surface area contributed by atoms with Crippen molar-refractivity contribution in [1.82, 2.24) is 20.8 Å². The first-order valence-electron chi connectivity index (χ1n) is 10.9. The first-order valence-corrected chi connectivity index (χ1v) is 10.9. The smallest absolute Gasteiger partial charge is 0.191 e. The standard InChI is InChI=1S/C22H34N6O.HI/c1-4-18(5-2)20-13-19(29-27-20)16-26-22(23-6-3)25-15-17-9-10-21(24-14-17)28-11-7-8-12-28;/h9-10,13-14,18H,4-8,11-12,15-16H2,1-3H3,(H2,23,25,26);1H. The second-order valence-corrected chi connectivity index (χ2v) is 7.50. The van der Waals surface area contributed by atoms with Gasteiger partial charge in [-0.2, -0.15) is 0 Å². The monoisotopic (exact) mass is 526 g/mol. The van der Waals surface area contributed by atoms with Crippen LogP contribution in [0.15, 0.2) is 33.9 Å². The zero-order chi connectivity index (χ0) is 20.5. The van der Waals surface area contributed by atoms with Gasteiger partial charge in [0.25, 0.3) is 0 Å². The fraction of sp³-hybridized carbons (Fsp3) is 0.591. The van der Waals surface area contributed by atoms with Crippen LogP contribution in [0.2, 0.25) is 0 Å². The molecule has 7 nitrogen and oxygen atoms in total. The number of aliphatic imine (C=N–C) groups is 1. The zero-order valence-corrected chi connectivity index (χ0v) is 20.7. The first-order chi connectivity index (χ1) is 14.2. The second-order valence-electron chi connectivity index (χ2n) is 7.50. The number of halogens is 1. The van der Waals surface area contributed by atoms with E-state index in [0.29, 0.717) is 19.0 Å². The molecule has 1 fully saturated rings. The SMILES string of the molecule is CCNC(=NCc1ccc(N2CCCC2)nc1)NCc1cc(C(CC)CC)no1.I. The quantitative estimate of drug-likeness (QED) is 0.286. The van der Waals surface area contributed by atoms with Gasteiger partial charge in [-0.1, -0.05) is 25.1 Å². The zero-order valence-electron chi connectivity index (χ0n) is 18.4. The van der Waals surface area contributed by atoms with Crippen molar-refractivity contribution in [2.75, 3.05) is 24.5 Å². The van der Waals surface area contributed by atoms with Crippen LogP contribution in [0, 0.1) is 0 Å². The number of nitrogens with one attached hydrogen (secondary N) is 2. The molecule has 2 aromatic heterocycles. The summed E-state index contributed by atoms with van der Waals surface area (Å²) in [5.74, 6) is 3.12. The highest BCUT2D eigenvalue weighted by Crippen LogP contribution is 2.22. The van der Waals surface area contributed by atoms with Crippen LogP contribution >= 0.6 is 24.0 Å². The number of guanidine groups is 1. The summed E-state index contributed by atoms with van der Waals surface area (Å²) >= 11 is 0. The van der Waals surface area contributed by atoms with Gasteiger partial charge in [-0.25, -0.2) is 9.98 Å². The van der Waals surface area contributed by atoms with E-state index in [2.05, 4.69) is 69.6 Å². The van der Waals surface area contributed by atoms with Crippen LogP contribution in [0.4, 0.5) is 5.82 Å². The Kier molecular flexibility index (Phi) is 10.4. The van der Waals surface area contributed by atoms with Crippen molar-refractivity contribution >= 4 is 35.8 Å². The van der Waals surface area contributed by atoms with Crippen molar-refractivity contribution in [3.8, 4) is 0 Å². The summed E-state index contributed by atoms with van der Waals surface area (Å²) in [7, 11) is 0. The highest BCUT2D eigenvalue weighted by molar-refractivity contribution is 14.0. The lowest BCUT2D eigenvalue weighted by molar-refractivity contribution is 0.368. The summed E-state index contributed by atoms with van der Waals surface area (Å²) in [5.41, 5.74) is 2.14. The molecule has 2 N–H and O–H groups in total. The Balaban J connectivity index is 0.00000320. The largest absolute Gasteiger partial charge is 0.359 e. The number of hydrogen-bond acceptors (Lipinski definition) is 5. The van der Waals surface area contributed by atoms with Crippen molar-refractivity contribution in [3.63, 3.8) is 0 Å². The summed E-state index contributed by atoms with van der Waals surface area (Å²) in [6, 6.07) is 6.27. The van der Waals surface area contributed by atoms with E-state index in [1.807, 2.05) is 6.20 Å². The number of nitrogens with zero attached hydrogens (tertiary/aromatic N) is 4. The van der Waals surface area contributed by atoms with Crippen molar-refractivity contribution in [2.45, 2.75) is 65.5 Å². The predicted molar refractivity (Wildman–Crippen MR) is 133 cm³/mol. The van der Waals surface area contributed by atoms with Crippen LogP contribution in [0.3, 0.4) is 0 Å². The van der Waals surface area contributed by atoms with Crippen molar-refractivity contribution in [2.24, 2.45) is 4.99 Å². The molecule has 0 amide bonds. The van der Waals surface area contributed by atoms with E-state index in [0.717, 1.165) is 61.3 Å². The molecule has 8 heteroatoms. The summed E-state index contributed by atoms with van der Waals surface area (Å²) in [6.07, 6.45) is 6.60. The highest BCUT2D eigenvalue weighted by atomic mass is 127. The molecule has 2 aromatic rings. The normalized spacial score (nSPS) is 14.1. The minimum absolute atomic E-state index is 0. The molecule has 0 aromatic carbocycles. The van der Waals surface area contributed by atoms with Gasteiger partial charge in [-0.3, -0.25) is 0 Å². The Morgan fingerprint density at radius 1 is 1.17 bits per heavy atom. The Hall–Kier alpha value is -1.84. The molecule has 0 atom stereocenters. The lowest BCUT2D eigenvalue weighted by Crippen LogP contribution is -2.36. The van der Waals surface area contributed by atoms with Gasteiger partial charge < -0.3 is 20.1 Å². The molecular weight excluding hydrogens is 491 g/mol. The van der Waals surface area contributed by atoms with E-state index in [4.69, 9.17) is 4.52 Å². The molecule has 3 rings (SSSR count). The molecule has 166 valence electrons. The van der Waals surface area contributed by atoms with E-state index < -0.39 is 0 Å². The van der Waals surface area contributed by atoms with E-state index in [1.165, 1.54) is 12.8 Å². The van der Waals surface area contributed by atoms with E-state index in [-0.39, 0.29) is 24.0 Å². The molecule has 0 saturated carbocycles. The van der Waals surface area contributed by atoms with Gasteiger partial charge in [-0.05, 0) is 44.2 Å². The van der Waals surface area contributed by atoms with Gasteiger partial charge in [0.1, 0.15) is 5.82 Å². The maximum atomic E-state index is 5.49. The van der Waals surface area contributed by atoms with Gasteiger partial charge >= 0.3 is 0 Å². The van der Waals surface area contributed by atoms with Gasteiger partial charge in [0.15, 0.2) is 11.7 Å². The van der Waals surface area contributed by atoms with E-state index >= 15 is 0 Å². The Morgan fingerprint density at radius 3 is 2.57 bits per heavy atom. The second kappa shape index (κ2) is 12.8. The summed E-state index contributed by atoms with van der Waals surface area (Å²) in [6.45, 7) is 10.6. The third-order valence-electron chi connectivity index (χ3n) is 5.41. The maximum absolute atomic E-state index is 5.49. The molecule has 1 aliphatic heterocycles. The van der Waals surface area contributed by atoms with Gasteiger partial charge in [0.2, 0.25) is 0 Å². The Morgan fingerprint density at radius 2 is 1.93 bits per heavy atom. The molecule has 0 aliphatic carbocycles. The topological polar surface area (TPSA) is 78.6 Å². The molecular formula is C22H35IN6O. The van der Waals surface area contributed by atoms with Gasteiger partial charge in [0.05, 0.1) is 18.8 Å². The third-order valence-corrected chi connectivity index (χ3v) is 5.41. The van der Waals surface area contributed by atoms with Crippen LogP contribution in [-0.4, -0.2) is 35.7 Å². The van der Waals surface area contributed by atoms with Crippen LogP contribution in [0.25, 0.3) is 0 Å². The predicted octanol–water partition coefficient (Wildman–Crippen LogP) is 4.45. The van der Waals surface area contributed by atoms with Crippen LogP contribution in [0.5, 0.6) is 0 Å². The number of hydrogen-bond donors (Lipinski definition) is 2. The fourth-order valence-electron chi connectivity index (χ4n) is 3.64. The maximum Gasteiger partial charge on any atom is 0.191 e. The van der Waals surface area contributed by atoms with Crippen LogP contribution in [0.1, 0.15) is 69.4 Å². The number of aromatic nitrogens is 2. The molecule has 0 radical (unpaired) electrons. The number of rotatable bonds is 9. The summed E-state index contributed by atoms with van der Waals surface area (Å²) in [4.78, 5) is 11.6. The molecule has 1 saturated heterocycles. The first kappa shape index (κ1) is 24.4. The van der Waals surface area contributed by atoms with Crippen molar-refractivity contribution in [1.29, 1.82) is 0 Å². The summed E-state index contributed by atoms with van der Waals surface area (Å²) in [5, 5.41) is 10.8. The Labute approximate surface area is 197 Å². The van der Waals surface area contributed by atoms with E-state index in [9.17, 15) is 0 Å². The van der Waals surface area contributed by atoms with Gasteiger partial charge in [-0.15, -0.1) is 24.0 Å². The molecule has 0 spiro atoms. The third kappa shape index (κ3) is 6.85. The molecule has 0 bridgehead atoms. The lowest BCUT2D eigenvalue weighted by atomic mass is 9.99. The molecule has 30 heavy (non-hydrogen) atoms. The minimum Gasteiger partial charge on any atom is -0.359 e. The summed E-state index contributed by atoms with van der Waals surface area (Å²) < 4.78 is 5.49. The number of pyridine rings is 1.